The minimum atomic E-state index is -5.12. The van der Waals surface area contributed by atoms with E-state index in [-0.39, 0.29) is 17.9 Å². The van der Waals surface area contributed by atoms with Gasteiger partial charge in [-0.2, -0.15) is 13.2 Å². The number of amides is 1. The lowest BCUT2D eigenvalue weighted by atomic mass is 9.90. The first-order chi connectivity index (χ1) is 21.5. The Balaban J connectivity index is 1.76. The van der Waals surface area contributed by atoms with E-state index in [9.17, 15) is 37.1 Å². The highest BCUT2D eigenvalue weighted by Gasteiger charge is 2.38. The zero-order valence-corrected chi connectivity index (χ0v) is 26.0. The third-order valence-electron chi connectivity index (χ3n) is 8.08. The molecule has 46 heavy (non-hydrogen) atoms. The predicted molar refractivity (Wildman–Crippen MR) is 161 cm³/mol. The van der Waals surface area contributed by atoms with Gasteiger partial charge in [-0.3, -0.25) is 19.1 Å². The highest BCUT2D eigenvalue weighted by atomic mass is 19.4. The van der Waals surface area contributed by atoms with Crippen LogP contribution in [0.4, 0.5) is 22.0 Å². The number of carbonyl (C=O) groups is 2. The average molecular weight is 649 g/mol. The molecule has 2 heterocycles. The normalized spacial score (nSPS) is 15.4. The molecule has 1 aliphatic heterocycles. The minimum Gasteiger partial charge on any atom is -0.481 e. The number of aryl methyl sites for hydroxylation is 2. The van der Waals surface area contributed by atoms with E-state index in [1.165, 1.54) is 12.4 Å². The predicted octanol–water partition coefficient (Wildman–Crippen LogP) is 5.80. The van der Waals surface area contributed by atoms with Crippen LogP contribution in [0.25, 0.3) is 11.1 Å². The fraction of sp³-hybridized carbons (Fsp3) is 0.455. The van der Waals surface area contributed by atoms with E-state index in [2.05, 4.69) is 10.3 Å². The van der Waals surface area contributed by atoms with Crippen LogP contribution in [0.15, 0.2) is 47.5 Å². The first kappa shape index (κ1) is 34.7. The van der Waals surface area contributed by atoms with E-state index >= 15 is 4.39 Å². The van der Waals surface area contributed by atoms with E-state index < -0.39 is 65.4 Å². The SMILES string of the molecule is Cc1cccc(C)c1-c1cc([C@H](CC(=O)O)NC(=O)[C@H](CC(C)C)n2cc(CCN3CC(F)C3)cnc2=O)c(F)c(C(F)(F)F)c1. The van der Waals surface area contributed by atoms with Gasteiger partial charge in [0, 0.05) is 37.6 Å². The number of nitrogens with zero attached hydrogens (tertiary/aromatic N) is 3. The van der Waals surface area contributed by atoms with Crippen LogP contribution >= 0.6 is 0 Å². The van der Waals surface area contributed by atoms with Crippen LogP contribution in [0.3, 0.4) is 0 Å². The Morgan fingerprint density at radius 2 is 1.78 bits per heavy atom. The quantitative estimate of drug-likeness (QED) is 0.241. The number of aliphatic carboxylic acids is 1. The number of carboxylic acids is 1. The molecular weight excluding hydrogens is 611 g/mol. The summed E-state index contributed by atoms with van der Waals surface area (Å²) in [6, 6.07) is 3.97. The van der Waals surface area contributed by atoms with Gasteiger partial charge < -0.3 is 10.4 Å². The summed E-state index contributed by atoms with van der Waals surface area (Å²) in [5.41, 5.74) is -0.757. The highest BCUT2D eigenvalue weighted by Crippen LogP contribution is 2.40. The maximum atomic E-state index is 15.7. The van der Waals surface area contributed by atoms with E-state index in [1.54, 1.807) is 45.9 Å². The molecule has 0 aliphatic carbocycles. The van der Waals surface area contributed by atoms with Crippen molar-refractivity contribution in [1.82, 2.24) is 19.8 Å². The molecule has 8 nitrogen and oxygen atoms in total. The zero-order valence-electron chi connectivity index (χ0n) is 26.0. The van der Waals surface area contributed by atoms with Gasteiger partial charge in [-0.25, -0.2) is 18.6 Å². The molecule has 1 fully saturated rings. The fourth-order valence-electron chi connectivity index (χ4n) is 5.80. The first-order valence-electron chi connectivity index (χ1n) is 15.0. The number of likely N-dealkylation sites (tertiary alicyclic amines) is 1. The van der Waals surface area contributed by atoms with Crippen LogP contribution in [0, 0.1) is 25.6 Å². The highest BCUT2D eigenvalue weighted by molar-refractivity contribution is 5.82. The molecule has 0 spiro atoms. The number of nitrogens with one attached hydrogen (secondary N) is 1. The van der Waals surface area contributed by atoms with Gasteiger partial charge in [-0.1, -0.05) is 32.0 Å². The monoisotopic (exact) mass is 648 g/mol. The number of carboxylic acid groups (broad SMARTS) is 1. The topological polar surface area (TPSA) is 105 Å². The molecule has 2 atom stereocenters. The third-order valence-corrected chi connectivity index (χ3v) is 8.08. The van der Waals surface area contributed by atoms with Crippen molar-refractivity contribution < 1.29 is 36.6 Å². The second-order valence-corrected chi connectivity index (χ2v) is 12.3. The Kier molecular flexibility index (Phi) is 10.7. The Morgan fingerprint density at radius 3 is 2.35 bits per heavy atom. The fourth-order valence-corrected chi connectivity index (χ4v) is 5.80. The zero-order chi connectivity index (χ0) is 33.9. The molecule has 2 aromatic carbocycles. The first-order valence-corrected chi connectivity index (χ1v) is 15.0. The summed E-state index contributed by atoms with van der Waals surface area (Å²) in [4.78, 5) is 44.4. The van der Waals surface area contributed by atoms with E-state index in [0.717, 1.165) is 10.6 Å². The minimum absolute atomic E-state index is 0.0112. The summed E-state index contributed by atoms with van der Waals surface area (Å²) in [7, 11) is 0. The van der Waals surface area contributed by atoms with E-state index in [0.29, 0.717) is 54.4 Å². The number of aromatic nitrogens is 2. The molecular formula is C33H37F5N4O4. The smallest absolute Gasteiger partial charge is 0.419 e. The molecule has 2 N–H and O–H groups in total. The molecule has 13 heteroatoms. The van der Waals surface area contributed by atoms with Crippen molar-refractivity contribution >= 4 is 11.9 Å². The Bertz CT molecular complexity index is 1630. The molecule has 1 saturated heterocycles. The van der Waals surface area contributed by atoms with Crippen LogP contribution in [0.2, 0.25) is 0 Å². The maximum Gasteiger partial charge on any atom is 0.419 e. The summed E-state index contributed by atoms with van der Waals surface area (Å²) >= 11 is 0. The van der Waals surface area contributed by atoms with E-state index in [4.69, 9.17) is 0 Å². The Hall–Kier alpha value is -4.13. The summed E-state index contributed by atoms with van der Waals surface area (Å²) in [6.45, 7) is 8.05. The van der Waals surface area contributed by atoms with Gasteiger partial charge in [0.2, 0.25) is 5.91 Å². The van der Waals surface area contributed by atoms with Crippen LogP contribution < -0.4 is 11.0 Å². The summed E-state index contributed by atoms with van der Waals surface area (Å²) in [6.07, 6.45) is -3.63. The van der Waals surface area contributed by atoms with Crippen LogP contribution in [-0.2, 0) is 22.2 Å². The lowest BCUT2D eigenvalue weighted by Crippen LogP contribution is -2.49. The molecule has 1 aliphatic rings. The van der Waals surface area contributed by atoms with Crippen molar-refractivity contribution in [1.29, 1.82) is 0 Å². The number of halogens is 5. The molecule has 0 bridgehead atoms. The number of alkyl halides is 4. The summed E-state index contributed by atoms with van der Waals surface area (Å²) in [5, 5.41) is 12.1. The lowest BCUT2D eigenvalue weighted by molar-refractivity contribution is -0.140. The van der Waals surface area contributed by atoms with Crippen molar-refractivity contribution in [2.45, 2.75) is 71.4 Å². The molecule has 1 amide bonds. The second kappa shape index (κ2) is 14.1. The Morgan fingerprint density at radius 1 is 1.13 bits per heavy atom. The maximum absolute atomic E-state index is 15.7. The van der Waals surface area contributed by atoms with Gasteiger partial charge in [-0.15, -0.1) is 0 Å². The van der Waals surface area contributed by atoms with Crippen molar-refractivity contribution in [3.8, 4) is 11.1 Å². The Labute approximate surface area is 263 Å². The van der Waals surface area contributed by atoms with Gasteiger partial charge in [0.05, 0.1) is 18.0 Å². The molecule has 0 unspecified atom stereocenters. The molecule has 0 radical (unpaired) electrons. The van der Waals surface area contributed by atoms with Gasteiger partial charge in [0.1, 0.15) is 18.0 Å². The van der Waals surface area contributed by atoms with Crippen molar-refractivity contribution in [2.24, 2.45) is 5.92 Å². The largest absolute Gasteiger partial charge is 0.481 e. The van der Waals surface area contributed by atoms with Crippen LogP contribution in [0.5, 0.6) is 0 Å². The number of hydrogen-bond acceptors (Lipinski definition) is 5. The summed E-state index contributed by atoms with van der Waals surface area (Å²) < 4.78 is 72.5. The molecule has 4 rings (SSSR count). The van der Waals surface area contributed by atoms with Gasteiger partial charge in [-0.05, 0) is 72.6 Å². The standard InChI is InChI=1S/C33H37F5N4O4/c1-18(2)10-27(42-15-21(14-39-32(42)46)8-9-41-16-23(34)17-41)31(45)40-26(13-28(43)44)24-11-22(12-25(30(24)35)33(36,37)38)29-19(3)6-5-7-20(29)4/h5-7,11-12,14-15,18,23,26-27H,8-10,13,16-17H2,1-4H3,(H,40,45)(H,43,44)/t26-,27-/m0/s1. The van der Waals surface area contributed by atoms with Crippen molar-refractivity contribution in [3.05, 3.63) is 86.8 Å². The van der Waals surface area contributed by atoms with E-state index in [1.807, 2.05) is 4.90 Å². The van der Waals surface area contributed by atoms with Gasteiger partial charge in [0.15, 0.2) is 0 Å². The van der Waals surface area contributed by atoms with Crippen LogP contribution in [-0.4, -0.2) is 57.2 Å². The second-order valence-electron chi connectivity index (χ2n) is 12.3. The number of hydrogen-bond donors (Lipinski definition) is 2. The molecule has 3 aromatic rings. The molecule has 1 aromatic heterocycles. The molecule has 248 valence electrons. The lowest BCUT2D eigenvalue weighted by Gasteiger charge is -2.34. The number of carbonyl (C=O) groups excluding carboxylic acids is 1. The van der Waals surface area contributed by atoms with Crippen molar-refractivity contribution in [2.75, 3.05) is 19.6 Å². The average Bonchev–Trinajstić information content (AvgIpc) is 2.93. The summed E-state index contributed by atoms with van der Waals surface area (Å²) in [5.74, 6) is -4.22. The number of rotatable bonds is 12. The van der Waals surface area contributed by atoms with Crippen molar-refractivity contribution in [3.63, 3.8) is 0 Å². The van der Waals surface area contributed by atoms with Crippen LogP contribution in [0.1, 0.15) is 66.6 Å². The number of benzene rings is 2. The third kappa shape index (κ3) is 8.17. The van der Waals surface area contributed by atoms with Gasteiger partial charge >= 0.3 is 17.8 Å². The van der Waals surface area contributed by atoms with Gasteiger partial charge in [0.25, 0.3) is 0 Å². The molecule has 0 saturated carbocycles.